The lowest BCUT2D eigenvalue weighted by atomic mass is 9.81. The second kappa shape index (κ2) is 8.09. The molecule has 0 saturated carbocycles. The fourth-order valence-electron chi connectivity index (χ4n) is 4.96. The highest BCUT2D eigenvalue weighted by molar-refractivity contribution is 5.77. The Hall–Kier alpha value is -2.12. The summed E-state index contributed by atoms with van der Waals surface area (Å²) >= 11 is 0. The Balaban J connectivity index is 1.40. The first kappa shape index (κ1) is 19.2. The molecule has 4 atom stereocenters. The molecule has 0 bridgehead atoms. The molecule has 1 aromatic carbocycles. The Morgan fingerprint density at radius 3 is 2.93 bits per heavy atom. The number of nitrogens with zero attached hydrogens (tertiary/aromatic N) is 2. The quantitative estimate of drug-likeness (QED) is 0.709. The van der Waals surface area contributed by atoms with Gasteiger partial charge in [0, 0.05) is 44.1 Å². The van der Waals surface area contributed by atoms with Crippen molar-refractivity contribution in [3.8, 4) is 0 Å². The largest absolute Gasteiger partial charge is 0.342 e. The molecule has 4 unspecified atom stereocenters. The van der Waals surface area contributed by atoms with E-state index in [1.54, 1.807) is 4.57 Å². The molecule has 4 rings (SSSR count). The molecular weight excluding hydrogens is 354 g/mol. The Bertz CT molecular complexity index is 888. The van der Waals surface area contributed by atoms with Crippen LogP contribution in [-0.2, 0) is 11.3 Å². The molecule has 3 N–H and O–H groups in total. The van der Waals surface area contributed by atoms with E-state index in [1.165, 1.54) is 12.8 Å². The van der Waals surface area contributed by atoms with Crippen molar-refractivity contribution in [1.29, 1.82) is 0 Å². The first-order valence-corrected chi connectivity index (χ1v) is 10.5. The molecule has 0 aliphatic carbocycles. The number of carbonyl (C=O) groups excluding carboxylic acids is 1. The minimum atomic E-state index is -0.148. The van der Waals surface area contributed by atoms with Gasteiger partial charge in [-0.05, 0) is 30.9 Å². The van der Waals surface area contributed by atoms with E-state index in [9.17, 15) is 9.59 Å². The summed E-state index contributed by atoms with van der Waals surface area (Å²) < 4.78 is 1.67. The number of likely N-dealkylation sites (tertiary alicyclic amines) is 1. The topological polar surface area (TPSA) is 82.2 Å². The molecule has 7 nitrogen and oxygen atoms in total. The molecular formula is C21H31N5O2. The molecule has 3 heterocycles. The van der Waals surface area contributed by atoms with E-state index in [0.717, 1.165) is 30.5 Å². The zero-order chi connectivity index (χ0) is 19.7. The van der Waals surface area contributed by atoms with Gasteiger partial charge < -0.3 is 9.88 Å². The summed E-state index contributed by atoms with van der Waals surface area (Å²) in [4.78, 5) is 30.0. The van der Waals surface area contributed by atoms with E-state index in [2.05, 4.69) is 29.7 Å². The van der Waals surface area contributed by atoms with Crippen LogP contribution >= 0.6 is 0 Å². The number of carbonyl (C=O) groups is 1. The summed E-state index contributed by atoms with van der Waals surface area (Å²) in [5.41, 5.74) is 8.47. The molecule has 1 aromatic heterocycles. The van der Waals surface area contributed by atoms with Gasteiger partial charge in [0.15, 0.2) is 0 Å². The van der Waals surface area contributed by atoms with E-state index in [0.29, 0.717) is 36.9 Å². The number of benzene rings is 1. The Morgan fingerprint density at radius 1 is 1.29 bits per heavy atom. The summed E-state index contributed by atoms with van der Waals surface area (Å²) in [5.74, 6) is 1.19. The van der Waals surface area contributed by atoms with Crippen LogP contribution in [0.15, 0.2) is 29.1 Å². The maximum absolute atomic E-state index is 12.9. The van der Waals surface area contributed by atoms with Gasteiger partial charge >= 0.3 is 5.69 Å². The summed E-state index contributed by atoms with van der Waals surface area (Å²) in [6, 6.07) is 8.48. The minimum absolute atomic E-state index is 0.143. The van der Waals surface area contributed by atoms with Crippen LogP contribution in [0.1, 0.15) is 39.5 Å². The number of aromatic nitrogens is 2. The monoisotopic (exact) mass is 385 g/mol. The highest BCUT2D eigenvalue weighted by Gasteiger charge is 2.42. The maximum atomic E-state index is 12.9. The molecule has 0 spiro atoms. The van der Waals surface area contributed by atoms with Crippen molar-refractivity contribution in [2.45, 2.75) is 58.2 Å². The van der Waals surface area contributed by atoms with Crippen molar-refractivity contribution in [3.63, 3.8) is 0 Å². The van der Waals surface area contributed by atoms with Crippen LogP contribution in [0, 0.1) is 11.8 Å². The Morgan fingerprint density at radius 2 is 2.11 bits per heavy atom. The molecule has 28 heavy (non-hydrogen) atoms. The third kappa shape index (κ3) is 3.61. The van der Waals surface area contributed by atoms with Gasteiger partial charge in [-0.3, -0.25) is 20.2 Å². The SMILES string of the molecule is CCCC(C)C1NNC2CCN(C(=O)CCn3c(=O)[nH]c4ccccc43)CC21. The number of fused-ring (bicyclic) bond motifs is 2. The van der Waals surface area contributed by atoms with Gasteiger partial charge in [-0.1, -0.05) is 32.4 Å². The van der Waals surface area contributed by atoms with Crippen LogP contribution in [0.5, 0.6) is 0 Å². The number of piperidine rings is 1. The number of para-hydroxylation sites is 2. The highest BCUT2D eigenvalue weighted by atomic mass is 16.2. The fraction of sp³-hybridized carbons (Fsp3) is 0.619. The predicted octanol–water partition coefficient (Wildman–Crippen LogP) is 1.85. The Labute approximate surface area is 165 Å². The average molecular weight is 386 g/mol. The number of hydrogen-bond donors (Lipinski definition) is 3. The van der Waals surface area contributed by atoms with Crippen molar-refractivity contribution < 1.29 is 4.79 Å². The normalized spacial score (nSPS) is 25.8. The standard InChI is InChI=1S/C21H31N5O2/c1-3-6-14(2)20-15-13-25(11-9-16(15)23-24-20)19(27)10-12-26-18-8-5-4-7-17(18)22-21(26)28/h4-5,7-8,14-16,20,23-24H,3,6,9-13H2,1-2H3,(H,22,28). The number of aromatic amines is 1. The first-order valence-electron chi connectivity index (χ1n) is 10.5. The molecule has 1 amide bonds. The highest BCUT2D eigenvalue weighted by Crippen LogP contribution is 2.30. The average Bonchev–Trinajstić information content (AvgIpc) is 3.26. The summed E-state index contributed by atoms with van der Waals surface area (Å²) in [6.45, 7) is 6.52. The van der Waals surface area contributed by atoms with Crippen LogP contribution in [0.3, 0.4) is 0 Å². The number of hydrogen-bond acceptors (Lipinski definition) is 4. The maximum Gasteiger partial charge on any atom is 0.326 e. The van der Waals surface area contributed by atoms with Crippen molar-refractivity contribution in [3.05, 3.63) is 34.7 Å². The second-order valence-corrected chi connectivity index (χ2v) is 8.33. The number of H-pyrrole nitrogens is 1. The van der Waals surface area contributed by atoms with E-state index < -0.39 is 0 Å². The van der Waals surface area contributed by atoms with E-state index in [4.69, 9.17) is 0 Å². The van der Waals surface area contributed by atoms with Crippen LogP contribution in [0.25, 0.3) is 11.0 Å². The van der Waals surface area contributed by atoms with Crippen molar-refractivity contribution >= 4 is 16.9 Å². The van der Waals surface area contributed by atoms with E-state index >= 15 is 0 Å². The van der Waals surface area contributed by atoms with Gasteiger partial charge in [0.25, 0.3) is 0 Å². The smallest absolute Gasteiger partial charge is 0.326 e. The van der Waals surface area contributed by atoms with E-state index in [-0.39, 0.29) is 11.6 Å². The van der Waals surface area contributed by atoms with Crippen LogP contribution in [-0.4, -0.2) is 45.5 Å². The van der Waals surface area contributed by atoms with Gasteiger partial charge in [0.1, 0.15) is 0 Å². The van der Waals surface area contributed by atoms with Crippen molar-refractivity contribution in [1.82, 2.24) is 25.3 Å². The van der Waals surface area contributed by atoms with Crippen LogP contribution in [0.4, 0.5) is 0 Å². The summed E-state index contributed by atoms with van der Waals surface area (Å²) in [5, 5.41) is 0. The summed E-state index contributed by atoms with van der Waals surface area (Å²) in [7, 11) is 0. The molecule has 2 aromatic rings. The Kier molecular flexibility index (Phi) is 5.55. The zero-order valence-electron chi connectivity index (χ0n) is 16.8. The number of nitrogens with one attached hydrogen (secondary N) is 3. The van der Waals surface area contributed by atoms with Gasteiger partial charge in [-0.15, -0.1) is 0 Å². The summed E-state index contributed by atoms with van der Waals surface area (Å²) in [6.07, 6.45) is 3.71. The molecule has 152 valence electrons. The molecule has 2 fully saturated rings. The lowest BCUT2D eigenvalue weighted by molar-refractivity contribution is -0.133. The zero-order valence-corrected chi connectivity index (χ0v) is 16.8. The van der Waals surface area contributed by atoms with Crippen LogP contribution in [0.2, 0.25) is 0 Å². The van der Waals surface area contributed by atoms with Gasteiger partial charge in [0.2, 0.25) is 5.91 Å². The molecule has 2 aliphatic heterocycles. The first-order chi connectivity index (χ1) is 13.6. The number of imidazole rings is 1. The lowest BCUT2D eigenvalue weighted by Crippen LogP contribution is -2.49. The number of rotatable bonds is 6. The van der Waals surface area contributed by atoms with Gasteiger partial charge in [-0.25, -0.2) is 4.79 Å². The van der Waals surface area contributed by atoms with Crippen molar-refractivity contribution in [2.24, 2.45) is 11.8 Å². The van der Waals surface area contributed by atoms with Crippen LogP contribution < -0.4 is 16.5 Å². The molecule has 7 heteroatoms. The lowest BCUT2D eigenvalue weighted by Gasteiger charge is -2.37. The molecule has 0 radical (unpaired) electrons. The third-order valence-electron chi connectivity index (χ3n) is 6.50. The predicted molar refractivity (Wildman–Crippen MR) is 110 cm³/mol. The fourth-order valence-corrected chi connectivity index (χ4v) is 4.96. The number of amides is 1. The van der Waals surface area contributed by atoms with Crippen molar-refractivity contribution in [2.75, 3.05) is 13.1 Å². The van der Waals surface area contributed by atoms with Gasteiger partial charge in [0.05, 0.1) is 11.0 Å². The number of aryl methyl sites for hydroxylation is 1. The number of hydrazine groups is 1. The van der Waals surface area contributed by atoms with E-state index in [1.807, 2.05) is 29.2 Å². The third-order valence-corrected chi connectivity index (χ3v) is 6.50. The minimum Gasteiger partial charge on any atom is -0.342 e. The van der Waals surface area contributed by atoms with Gasteiger partial charge in [-0.2, -0.15) is 0 Å². The second-order valence-electron chi connectivity index (χ2n) is 8.33. The molecule has 2 saturated heterocycles. The molecule has 2 aliphatic rings.